The maximum Gasteiger partial charge on any atom is 0.417 e. The number of amides is 1. The number of primary amides is 1. The molecule has 1 aromatic carbocycles. The summed E-state index contributed by atoms with van der Waals surface area (Å²) in [6.45, 7) is 0. The molecule has 0 bridgehead atoms. The van der Waals surface area contributed by atoms with E-state index in [1.807, 2.05) is 0 Å². The van der Waals surface area contributed by atoms with E-state index < -0.39 is 22.7 Å². The second-order valence-electron chi connectivity index (χ2n) is 2.53. The third kappa shape index (κ3) is 3.00. The van der Waals surface area contributed by atoms with Gasteiger partial charge in [-0.3, -0.25) is 4.79 Å². The first kappa shape index (κ1) is 14.1. The summed E-state index contributed by atoms with van der Waals surface area (Å²) in [5.74, 6) is -0.985. The van der Waals surface area contributed by atoms with E-state index in [1.165, 1.54) is 0 Å². The molecule has 0 aliphatic heterocycles. The fourth-order valence-corrected chi connectivity index (χ4v) is 1.27. The molecule has 0 aromatic heterocycles. The molecule has 0 unspecified atom stereocenters. The van der Waals surface area contributed by atoms with E-state index in [-0.39, 0.29) is 18.0 Å². The van der Waals surface area contributed by atoms with Gasteiger partial charge in [-0.2, -0.15) is 13.2 Å². The highest BCUT2D eigenvalue weighted by Crippen LogP contribution is 2.35. The summed E-state index contributed by atoms with van der Waals surface area (Å²) in [6.07, 6.45) is -4.58. The minimum atomic E-state index is -4.58. The lowest BCUT2D eigenvalue weighted by molar-refractivity contribution is -0.137. The van der Waals surface area contributed by atoms with Crippen LogP contribution in [0.15, 0.2) is 18.2 Å². The number of benzene rings is 1. The lowest BCUT2D eigenvalue weighted by atomic mass is 10.1. The first-order chi connectivity index (χ1) is 6.34. The Morgan fingerprint density at radius 1 is 1.33 bits per heavy atom. The molecule has 1 rings (SSSR count). The van der Waals surface area contributed by atoms with Crippen molar-refractivity contribution in [3.63, 3.8) is 0 Å². The number of hydrogen-bond donors (Lipinski definition) is 1. The molecule has 0 aliphatic rings. The Morgan fingerprint density at radius 3 is 2.27 bits per heavy atom. The summed E-state index contributed by atoms with van der Waals surface area (Å²) in [4.78, 5) is 10.7. The van der Waals surface area contributed by atoms with E-state index in [2.05, 4.69) is 0 Å². The van der Waals surface area contributed by atoms with Crippen molar-refractivity contribution in [2.45, 2.75) is 6.18 Å². The second kappa shape index (κ2) is 4.72. The molecular formula is C8H6Cl2F3NO. The van der Waals surface area contributed by atoms with E-state index in [9.17, 15) is 18.0 Å². The first-order valence-electron chi connectivity index (χ1n) is 3.49. The largest absolute Gasteiger partial charge is 0.417 e. The van der Waals surface area contributed by atoms with Crippen molar-refractivity contribution in [1.29, 1.82) is 0 Å². The van der Waals surface area contributed by atoms with Crippen molar-refractivity contribution in [2.24, 2.45) is 5.73 Å². The number of carbonyl (C=O) groups is 1. The minimum Gasteiger partial charge on any atom is -0.366 e. The van der Waals surface area contributed by atoms with Crippen LogP contribution in [-0.4, -0.2) is 5.91 Å². The Kier molecular flexibility index (Phi) is 4.42. The number of alkyl halides is 3. The molecule has 0 heterocycles. The van der Waals surface area contributed by atoms with Crippen LogP contribution in [0.3, 0.4) is 0 Å². The first-order valence-corrected chi connectivity index (χ1v) is 3.87. The fourth-order valence-electron chi connectivity index (χ4n) is 0.941. The third-order valence-corrected chi connectivity index (χ3v) is 1.98. The summed E-state index contributed by atoms with van der Waals surface area (Å²) in [5, 5.41) is -0.660. The van der Waals surface area contributed by atoms with Crippen LogP contribution in [0.1, 0.15) is 15.9 Å². The number of nitrogens with two attached hydrogens (primary N) is 1. The highest BCUT2D eigenvalue weighted by atomic mass is 35.5. The van der Waals surface area contributed by atoms with Gasteiger partial charge in [0.1, 0.15) is 0 Å². The number of hydrogen-bond acceptors (Lipinski definition) is 1. The average molecular weight is 260 g/mol. The van der Waals surface area contributed by atoms with Crippen molar-refractivity contribution in [3.05, 3.63) is 34.3 Å². The van der Waals surface area contributed by atoms with Crippen molar-refractivity contribution >= 4 is 29.9 Å². The van der Waals surface area contributed by atoms with Crippen LogP contribution < -0.4 is 5.73 Å². The Bertz CT molecular complexity index is 379. The smallest absolute Gasteiger partial charge is 0.366 e. The maximum absolute atomic E-state index is 12.3. The highest BCUT2D eigenvalue weighted by Gasteiger charge is 2.34. The van der Waals surface area contributed by atoms with Gasteiger partial charge in [0.25, 0.3) is 0 Å². The number of halogens is 5. The molecule has 2 N–H and O–H groups in total. The zero-order valence-electron chi connectivity index (χ0n) is 7.14. The monoisotopic (exact) mass is 259 g/mol. The van der Waals surface area contributed by atoms with Crippen LogP contribution in [0, 0.1) is 0 Å². The summed E-state index contributed by atoms with van der Waals surface area (Å²) in [7, 11) is 0. The van der Waals surface area contributed by atoms with E-state index >= 15 is 0 Å². The van der Waals surface area contributed by atoms with Gasteiger partial charge in [-0.05, 0) is 12.1 Å². The van der Waals surface area contributed by atoms with Gasteiger partial charge in [0.2, 0.25) is 5.91 Å². The molecule has 1 amide bonds. The zero-order chi connectivity index (χ0) is 10.9. The van der Waals surface area contributed by atoms with Gasteiger partial charge in [0.15, 0.2) is 0 Å². The SMILES string of the molecule is Cl.NC(=O)c1cccc(C(F)(F)F)c1Cl. The highest BCUT2D eigenvalue weighted by molar-refractivity contribution is 6.34. The van der Waals surface area contributed by atoms with Gasteiger partial charge in [0.05, 0.1) is 16.1 Å². The Morgan fingerprint density at radius 2 is 1.87 bits per heavy atom. The second-order valence-corrected chi connectivity index (χ2v) is 2.91. The Hall–Kier alpha value is -0.940. The van der Waals surface area contributed by atoms with Gasteiger partial charge in [-0.25, -0.2) is 0 Å². The minimum absolute atomic E-state index is 0. The van der Waals surface area contributed by atoms with E-state index in [4.69, 9.17) is 17.3 Å². The van der Waals surface area contributed by atoms with Gasteiger partial charge < -0.3 is 5.73 Å². The van der Waals surface area contributed by atoms with Crippen molar-refractivity contribution in [2.75, 3.05) is 0 Å². The van der Waals surface area contributed by atoms with E-state index in [0.29, 0.717) is 0 Å². The van der Waals surface area contributed by atoms with Crippen LogP contribution in [0.5, 0.6) is 0 Å². The summed E-state index contributed by atoms with van der Waals surface area (Å²) in [5.41, 5.74) is 3.44. The molecule has 0 fully saturated rings. The van der Waals surface area contributed by atoms with Crippen LogP contribution in [0.4, 0.5) is 13.2 Å². The van der Waals surface area contributed by atoms with E-state index in [0.717, 1.165) is 18.2 Å². The molecule has 84 valence electrons. The molecule has 0 radical (unpaired) electrons. The van der Waals surface area contributed by atoms with Crippen molar-refractivity contribution in [3.8, 4) is 0 Å². The molecule has 7 heteroatoms. The number of carbonyl (C=O) groups excluding carboxylic acids is 1. The predicted octanol–water partition coefficient (Wildman–Crippen LogP) is 2.88. The molecule has 2 nitrogen and oxygen atoms in total. The maximum atomic E-state index is 12.3. The van der Waals surface area contributed by atoms with Gasteiger partial charge in [0, 0.05) is 0 Å². The van der Waals surface area contributed by atoms with Crippen molar-refractivity contribution < 1.29 is 18.0 Å². The van der Waals surface area contributed by atoms with Crippen LogP contribution in [-0.2, 0) is 6.18 Å². The summed E-state index contributed by atoms with van der Waals surface area (Å²) >= 11 is 5.37. The van der Waals surface area contributed by atoms with Crippen LogP contribution in [0.25, 0.3) is 0 Å². The Labute approximate surface area is 94.6 Å². The Balaban J connectivity index is 0.00000196. The van der Waals surface area contributed by atoms with Gasteiger partial charge in [-0.15, -0.1) is 12.4 Å². The quantitative estimate of drug-likeness (QED) is 0.828. The molecule has 0 aliphatic carbocycles. The summed E-state index contributed by atoms with van der Waals surface area (Å²) in [6, 6.07) is 3.00. The molecule has 0 spiro atoms. The van der Waals surface area contributed by atoms with E-state index in [1.54, 1.807) is 0 Å². The molecule has 1 aromatic rings. The zero-order valence-corrected chi connectivity index (χ0v) is 8.71. The molecule has 0 saturated heterocycles. The van der Waals surface area contributed by atoms with Gasteiger partial charge >= 0.3 is 6.18 Å². The van der Waals surface area contributed by atoms with Crippen LogP contribution >= 0.6 is 24.0 Å². The molecule has 0 saturated carbocycles. The molecular weight excluding hydrogens is 254 g/mol. The predicted molar refractivity (Wildman–Crippen MR) is 52.2 cm³/mol. The van der Waals surface area contributed by atoms with Crippen LogP contribution in [0.2, 0.25) is 5.02 Å². The normalized spacial score (nSPS) is 10.7. The summed E-state index contributed by atoms with van der Waals surface area (Å²) < 4.78 is 36.8. The average Bonchev–Trinajstić information content (AvgIpc) is 2.01. The topological polar surface area (TPSA) is 43.1 Å². The van der Waals surface area contributed by atoms with Crippen molar-refractivity contribution in [1.82, 2.24) is 0 Å². The standard InChI is InChI=1S/C8H5ClF3NO.ClH/c9-6-4(7(13)14)2-1-3-5(6)8(10,11)12;/h1-3H,(H2,13,14);1H. The molecule has 0 atom stereocenters. The number of rotatable bonds is 1. The lowest BCUT2D eigenvalue weighted by Gasteiger charge is -2.10. The molecule has 15 heavy (non-hydrogen) atoms. The fraction of sp³-hybridized carbons (Fsp3) is 0.125. The lowest BCUT2D eigenvalue weighted by Crippen LogP contribution is -2.14. The third-order valence-electron chi connectivity index (χ3n) is 1.57. The van der Waals surface area contributed by atoms with Gasteiger partial charge in [-0.1, -0.05) is 17.7 Å².